The molecular weight excluding hydrogens is 767 g/mol. The van der Waals surface area contributed by atoms with Crippen LogP contribution < -0.4 is 5.32 Å². The molecule has 0 heterocycles. The van der Waals surface area contributed by atoms with Crippen molar-refractivity contribution in [3.8, 4) is 0 Å². The van der Waals surface area contributed by atoms with Gasteiger partial charge in [0.25, 0.3) is 0 Å². The first-order valence-corrected chi connectivity index (χ1v) is 27.6. The number of allylic oxidation sites excluding steroid dienone is 4. The lowest BCUT2D eigenvalue weighted by molar-refractivity contribution is -0.143. The Morgan fingerprint density at radius 1 is 0.452 bits per heavy atom. The molecule has 6 nitrogen and oxygen atoms in total. The van der Waals surface area contributed by atoms with E-state index in [2.05, 4.69) is 43.5 Å². The van der Waals surface area contributed by atoms with E-state index in [1.165, 1.54) is 205 Å². The van der Waals surface area contributed by atoms with Crippen LogP contribution in [0, 0.1) is 0 Å². The number of aliphatic hydroxyl groups excluding tert-OH is 2. The van der Waals surface area contributed by atoms with Gasteiger partial charge in [0.15, 0.2) is 0 Å². The Morgan fingerprint density at radius 2 is 0.806 bits per heavy atom. The van der Waals surface area contributed by atoms with Crippen molar-refractivity contribution in [1.29, 1.82) is 0 Å². The number of hydrogen-bond acceptors (Lipinski definition) is 5. The van der Waals surface area contributed by atoms with Crippen molar-refractivity contribution < 1.29 is 24.5 Å². The highest BCUT2D eigenvalue weighted by Crippen LogP contribution is 2.17. The number of esters is 1. The summed E-state index contributed by atoms with van der Waals surface area (Å²) in [6.45, 7) is 4.91. The van der Waals surface area contributed by atoms with Crippen molar-refractivity contribution in [2.45, 2.75) is 309 Å². The highest BCUT2D eigenvalue weighted by Gasteiger charge is 2.20. The number of amides is 1. The lowest BCUT2D eigenvalue weighted by Gasteiger charge is -2.22. The molecule has 0 aliphatic carbocycles. The molecule has 0 saturated carbocycles. The molecule has 0 aromatic heterocycles. The van der Waals surface area contributed by atoms with Crippen molar-refractivity contribution in [3.63, 3.8) is 0 Å². The molecule has 366 valence electrons. The first kappa shape index (κ1) is 60.3. The summed E-state index contributed by atoms with van der Waals surface area (Å²) in [5, 5.41) is 23.2. The van der Waals surface area contributed by atoms with Crippen LogP contribution in [0.3, 0.4) is 0 Å². The second kappa shape index (κ2) is 52.0. The Hall–Kier alpha value is -1.66. The largest absolute Gasteiger partial charge is 0.466 e. The van der Waals surface area contributed by atoms with Gasteiger partial charge in [-0.05, 0) is 57.8 Å². The molecule has 0 spiro atoms. The van der Waals surface area contributed by atoms with E-state index < -0.39 is 12.1 Å². The number of nitrogens with one attached hydrogen (secondary N) is 1. The first-order valence-electron chi connectivity index (χ1n) is 27.6. The van der Waals surface area contributed by atoms with Gasteiger partial charge in [-0.15, -0.1) is 0 Å². The normalized spacial score (nSPS) is 12.8. The van der Waals surface area contributed by atoms with Crippen molar-refractivity contribution in [2.75, 3.05) is 13.2 Å². The van der Waals surface area contributed by atoms with Gasteiger partial charge in [-0.1, -0.05) is 250 Å². The van der Waals surface area contributed by atoms with Crippen LogP contribution in [0.1, 0.15) is 296 Å². The summed E-state index contributed by atoms with van der Waals surface area (Å²) in [4.78, 5) is 24.5. The van der Waals surface area contributed by atoms with Crippen molar-refractivity contribution in [2.24, 2.45) is 0 Å². The smallest absolute Gasteiger partial charge is 0.305 e. The molecule has 0 fully saturated rings. The van der Waals surface area contributed by atoms with E-state index in [0.717, 1.165) is 57.8 Å². The molecule has 2 atom stereocenters. The Morgan fingerprint density at radius 3 is 1.24 bits per heavy atom. The van der Waals surface area contributed by atoms with Crippen LogP contribution in [0.2, 0.25) is 0 Å². The minimum absolute atomic E-state index is 0.00661. The lowest BCUT2D eigenvalue weighted by atomic mass is 10.0. The zero-order chi connectivity index (χ0) is 45.1. The van der Waals surface area contributed by atoms with Gasteiger partial charge < -0.3 is 20.3 Å². The van der Waals surface area contributed by atoms with Crippen LogP contribution >= 0.6 is 0 Å². The van der Waals surface area contributed by atoms with E-state index >= 15 is 0 Å². The Kier molecular flexibility index (Phi) is 50.6. The van der Waals surface area contributed by atoms with Gasteiger partial charge in [0, 0.05) is 12.8 Å². The number of unbranched alkanes of at least 4 members (excludes halogenated alkanes) is 36. The number of carbonyl (C=O) groups is 2. The zero-order valence-corrected chi connectivity index (χ0v) is 41.6. The molecule has 3 N–H and O–H groups in total. The fourth-order valence-electron chi connectivity index (χ4n) is 8.49. The second-order valence-electron chi connectivity index (χ2n) is 18.9. The molecule has 0 aromatic rings. The van der Waals surface area contributed by atoms with Crippen LogP contribution in [0.15, 0.2) is 24.3 Å². The van der Waals surface area contributed by atoms with Crippen LogP contribution in [-0.4, -0.2) is 47.4 Å². The lowest BCUT2D eigenvalue weighted by Crippen LogP contribution is -2.45. The molecule has 0 aromatic carbocycles. The average Bonchev–Trinajstić information content (AvgIpc) is 3.27. The number of rotatable bonds is 51. The van der Waals surface area contributed by atoms with Gasteiger partial charge in [-0.2, -0.15) is 0 Å². The Labute approximate surface area is 386 Å². The fraction of sp³-hybridized carbons (Fsp3) is 0.893. The topological polar surface area (TPSA) is 95.9 Å². The Balaban J connectivity index is 3.42. The van der Waals surface area contributed by atoms with Crippen LogP contribution in [0.5, 0.6) is 0 Å². The highest BCUT2D eigenvalue weighted by atomic mass is 16.5. The minimum atomic E-state index is -0.669. The maximum Gasteiger partial charge on any atom is 0.305 e. The average molecular weight is 874 g/mol. The molecule has 0 aliphatic heterocycles. The van der Waals surface area contributed by atoms with Gasteiger partial charge >= 0.3 is 5.97 Å². The van der Waals surface area contributed by atoms with Crippen LogP contribution in [0.4, 0.5) is 0 Å². The van der Waals surface area contributed by atoms with E-state index in [-0.39, 0.29) is 18.5 Å². The van der Waals surface area contributed by atoms with Crippen LogP contribution in [0.25, 0.3) is 0 Å². The molecule has 0 bridgehead atoms. The predicted molar refractivity (Wildman–Crippen MR) is 269 cm³/mol. The van der Waals surface area contributed by atoms with E-state index in [0.29, 0.717) is 25.9 Å². The highest BCUT2D eigenvalue weighted by molar-refractivity contribution is 5.76. The van der Waals surface area contributed by atoms with Crippen molar-refractivity contribution >= 4 is 11.9 Å². The summed E-state index contributed by atoms with van der Waals surface area (Å²) in [5.41, 5.74) is 0. The fourth-order valence-corrected chi connectivity index (χ4v) is 8.49. The monoisotopic (exact) mass is 874 g/mol. The number of hydrogen-bond donors (Lipinski definition) is 3. The van der Waals surface area contributed by atoms with Crippen LogP contribution in [-0.2, 0) is 14.3 Å². The zero-order valence-electron chi connectivity index (χ0n) is 41.6. The minimum Gasteiger partial charge on any atom is -0.466 e. The maximum absolute atomic E-state index is 12.4. The van der Waals surface area contributed by atoms with Crippen molar-refractivity contribution in [1.82, 2.24) is 5.32 Å². The van der Waals surface area contributed by atoms with Gasteiger partial charge in [-0.3, -0.25) is 9.59 Å². The summed E-state index contributed by atoms with van der Waals surface area (Å²) in [7, 11) is 0. The summed E-state index contributed by atoms with van der Waals surface area (Å²) in [6.07, 6.45) is 61.5. The molecule has 0 radical (unpaired) electrons. The third-order valence-corrected chi connectivity index (χ3v) is 12.8. The standard InChI is InChI=1S/C56H107NO5/c1-3-5-7-9-11-13-15-17-18-19-20-23-26-30-34-38-42-46-50-56(61)62-51-47-43-39-35-31-27-24-21-22-25-29-33-37-41-45-49-55(60)57-53(52-58)54(59)48-44-40-36-32-28-16-14-12-10-8-6-4-2/h13,15,18-19,53-54,58-59H,3-12,14,16-17,20-52H2,1-2H3,(H,57,60)/b15-13-,19-18-. The molecular formula is C56H107NO5. The summed E-state index contributed by atoms with van der Waals surface area (Å²) in [6, 6.07) is -0.547. The number of carbonyl (C=O) groups excluding carboxylic acids is 2. The SMILES string of the molecule is CCCCCC/C=C\C/C=C\CCCCCCCCCC(=O)OCCCCCCCCCCCCCCCCCC(=O)NC(CO)C(O)CCCCCCCCCCCCCC. The number of ether oxygens (including phenoxy) is 1. The Bertz CT molecular complexity index is 966. The van der Waals surface area contributed by atoms with E-state index in [4.69, 9.17) is 4.74 Å². The van der Waals surface area contributed by atoms with E-state index in [1.54, 1.807) is 0 Å². The molecule has 0 rings (SSSR count). The summed E-state index contributed by atoms with van der Waals surface area (Å²) in [5.74, 6) is -0.0506. The summed E-state index contributed by atoms with van der Waals surface area (Å²) < 4.78 is 5.48. The van der Waals surface area contributed by atoms with E-state index in [1.807, 2.05) is 0 Å². The van der Waals surface area contributed by atoms with Gasteiger partial charge in [0.2, 0.25) is 5.91 Å². The third kappa shape index (κ3) is 47.8. The van der Waals surface area contributed by atoms with E-state index in [9.17, 15) is 19.8 Å². The number of aliphatic hydroxyl groups is 2. The predicted octanol–water partition coefficient (Wildman–Crippen LogP) is 16.7. The molecule has 0 aliphatic rings. The van der Waals surface area contributed by atoms with Crippen molar-refractivity contribution in [3.05, 3.63) is 24.3 Å². The summed E-state index contributed by atoms with van der Waals surface area (Å²) >= 11 is 0. The van der Waals surface area contributed by atoms with Gasteiger partial charge in [0.05, 0.1) is 25.4 Å². The van der Waals surface area contributed by atoms with Gasteiger partial charge in [0.1, 0.15) is 0 Å². The maximum atomic E-state index is 12.4. The quantitative estimate of drug-likeness (QED) is 0.0321. The molecule has 6 heteroatoms. The first-order chi connectivity index (χ1) is 30.5. The molecule has 2 unspecified atom stereocenters. The second-order valence-corrected chi connectivity index (χ2v) is 18.9. The third-order valence-electron chi connectivity index (χ3n) is 12.8. The molecule has 1 amide bonds. The molecule has 0 saturated heterocycles. The molecule has 62 heavy (non-hydrogen) atoms. The van der Waals surface area contributed by atoms with Gasteiger partial charge in [-0.25, -0.2) is 0 Å².